The van der Waals surface area contributed by atoms with Gasteiger partial charge >= 0.3 is 5.97 Å². The Morgan fingerprint density at radius 2 is 2.06 bits per heavy atom. The second kappa shape index (κ2) is 8.64. The van der Waals surface area contributed by atoms with E-state index in [9.17, 15) is 9.59 Å². The van der Waals surface area contributed by atoms with Crippen molar-refractivity contribution < 1.29 is 14.3 Å². The first-order valence-corrected chi connectivity index (χ1v) is 11.5. The molecule has 0 aliphatic carbocycles. The van der Waals surface area contributed by atoms with Crippen molar-refractivity contribution in [2.24, 2.45) is 4.99 Å². The van der Waals surface area contributed by atoms with Crippen LogP contribution < -0.4 is 19.6 Å². The van der Waals surface area contributed by atoms with Gasteiger partial charge < -0.3 is 9.47 Å². The molecule has 3 aromatic rings. The van der Waals surface area contributed by atoms with Crippen molar-refractivity contribution in [3.63, 3.8) is 0 Å². The first-order chi connectivity index (χ1) is 14.9. The predicted molar refractivity (Wildman–Crippen MR) is 122 cm³/mol. The summed E-state index contributed by atoms with van der Waals surface area (Å²) < 4.78 is 12.9. The smallest absolute Gasteiger partial charge is 0.338 e. The maximum atomic E-state index is 13.5. The average molecular weight is 455 g/mol. The van der Waals surface area contributed by atoms with Crippen LogP contribution in [0.3, 0.4) is 0 Å². The van der Waals surface area contributed by atoms with Crippen LogP contribution in [-0.2, 0) is 9.53 Å². The monoisotopic (exact) mass is 454 g/mol. The summed E-state index contributed by atoms with van der Waals surface area (Å²) in [7, 11) is 1.61. The number of esters is 1. The van der Waals surface area contributed by atoms with Crippen molar-refractivity contribution in [1.82, 2.24) is 4.57 Å². The molecule has 0 amide bonds. The van der Waals surface area contributed by atoms with Crippen molar-refractivity contribution in [1.29, 1.82) is 0 Å². The van der Waals surface area contributed by atoms with Crippen molar-refractivity contribution in [3.8, 4) is 5.75 Å². The molecule has 6 nitrogen and oxygen atoms in total. The topological polar surface area (TPSA) is 69.9 Å². The number of thiophene rings is 1. The second-order valence-electron chi connectivity index (χ2n) is 7.33. The number of hydrogen-bond donors (Lipinski definition) is 0. The highest BCUT2D eigenvalue weighted by molar-refractivity contribution is 7.10. The SMILES string of the molecule is COc1cccc(/C=c2\sc3n(c2=O)C(c2cccs2)C(C(=O)OC(C)C)=C(C)N=3)c1. The largest absolute Gasteiger partial charge is 0.497 e. The van der Waals surface area contributed by atoms with E-state index >= 15 is 0 Å². The molecule has 0 bridgehead atoms. The Balaban J connectivity index is 1.91. The van der Waals surface area contributed by atoms with Gasteiger partial charge in [-0.1, -0.05) is 29.5 Å². The Morgan fingerprint density at radius 3 is 2.74 bits per heavy atom. The van der Waals surface area contributed by atoms with Gasteiger partial charge in [-0.2, -0.15) is 0 Å². The number of rotatable bonds is 5. The highest BCUT2D eigenvalue weighted by Crippen LogP contribution is 2.33. The number of thiazole rings is 1. The van der Waals surface area contributed by atoms with Gasteiger partial charge in [0.05, 0.1) is 29.0 Å². The molecule has 8 heteroatoms. The standard InChI is InChI=1S/C23H22N2O4S2/c1-13(2)29-22(27)19-14(3)24-23-25(20(19)17-9-6-10-30-17)21(26)18(31-23)12-15-7-5-8-16(11-15)28-4/h5-13,20H,1-4H3/b18-12-. The summed E-state index contributed by atoms with van der Waals surface area (Å²) in [4.78, 5) is 32.4. The Labute approximate surface area is 187 Å². The zero-order valence-corrected chi connectivity index (χ0v) is 19.3. The molecule has 2 aromatic heterocycles. The van der Waals surface area contributed by atoms with Gasteiger partial charge in [0.2, 0.25) is 0 Å². The fourth-order valence-corrected chi connectivity index (χ4v) is 5.33. The van der Waals surface area contributed by atoms with Crippen LogP contribution in [0.25, 0.3) is 6.08 Å². The lowest BCUT2D eigenvalue weighted by molar-refractivity contribution is -0.143. The lowest BCUT2D eigenvalue weighted by Gasteiger charge is -2.24. The van der Waals surface area contributed by atoms with Crippen LogP contribution in [0.2, 0.25) is 0 Å². The number of carbonyl (C=O) groups is 1. The van der Waals surface area contributed by atoms with Gasteiger partial charge in [-0.05, 0) is 56.0 Å². The van der Waals surface area contributed by atoms with Gasteiger partial charge in [-0.25, -0.2) is 9.79 Å². The molecule has 31 heavy (non-hydrogen) atoms. The first-order valence-electron chi connectivity index (χ1n) is 9.80. The van der Waals surface area contributed by atoms with E-state index in [0.29, 0.717) is 26.4 Å². The number of nitrogens with zero attached hydrogens (tertiary/aromatic N) is 2. The third-order valence-corrected chi connectivity index (χ3v) is 6.70. The van der Waals surface area contributed by atoms with Crippen LogP contribution in [0.5, 0.6) is 5.75 Å². The Hall–Kier alpha value is -2.97. The normalized spacial score (nSPS) is 16.3. The maximum absolute atomic E-state index is 13.5. The zero-order chi connectivity index (χ0) is 22.1. The summed E-state index contributed by atoms with van der Waals surface area (Å²) >= 11 is 2.80. The van der Waals surface area contributed by atoms with E-state index < -0.39 is 12.0 Å². The van der Waals surface area contributed by atoms with E-state index in [1.54, 1.807) is 32.4 Å². The molecule has 0 saturated carbocycles. The number of ether oxygens (including phenoxy) is 2. The van der Waals surface area contributed by atoms with Crippen LogP contribution in [0, 0.1) is 0 Å². The van der Waals surface area contributed by atoms with Gasteiger partial charge in [-0.15, -0.1) is 11.3 Å². The summed E-state index contributed by atoms with van der Waals surface area (Å²) in [6.07, 6.45) is 1.55. The summed E-state index contributed by atoms with van der Waals surface area (Å²) in [6.45, 7) is 5.39. The molecular formula is C23H22N2O4S2. The molecule has 1 atom stereocenters. The van der Waals surface area contributed by atoms with Gasteiger partial charge in [0.1, 0.15) is 11.8 Å². The summed E-state index contributed by atoms with van der Waals surface area (Å²) in [5.41, 5.74) is 1.63. The van der Waals surface area contributed by atoms with Crippen LogP contribution in [0.4, 0.5) is 0 Å². The number of methoxy groups -OCH3 is 1. The Morgan fingerprint density at radius 1 is 1.26 bits per heavy atom. The van der Waals surface area contributed by atoms with E-state index in [1.165, 1.54) is 22.7 Å². The van der Waals surface area contributed by atoms with Crippen LogP contribution in [-0.4, -0.2) is 23.8 Å². The van der Waals surface area contributed by atoms with Crippen LogP contribution in [0.1, 0.15) is 37.3 Å². The molecule has 4 rings (SSSR count). The summed E-state index contributed by atoms with van der Waals surface area (Å²) in [6, 6.07) is 10.8. The third-order valence-electron chi connectivity index (χ3n) is 4.79. The minimum Gasteiger partial charge on any atom is -0.497 e. The maximum Gasteiger partial charge on any atom is 0.338 e. The molecule has 0 spiro atoms. The van der Waals surface area contributed by atoms with Crippen molar-refractivity contribution >= 4 is 34.7 Å². The molecule has 0 radical (unpaired) electrons. The van der Waals surface area contributed by atoms with Gasteiger partial charge in [0.25, 0.3) is 5.56 Å². The average Bonchev–Trinajstić information content (AvgIpc) is 3.35. The Bertz CT molecular complexity index is 1330. The molecule has 1 aromatic carbocycles. The molecule has 0 saturated heterocycles. The van der Waals surface area contributed by atoms with E-state index in [4.69, 9.17) is 9.47 Å². The molecule has 1 aliphatic heterocycles. The highest BCUT2D eigenvalue weighted by atomic mass is 32.1. The number of benzene rings is 1. The van der Waals surface area contributed by atoms with Crippen LogP contribution >= 0.6 is 22.7 Å². The minimum absolute atomic E-state index is 0.188. The number of carbonyl (C=O) groups excluding carboxylic acids is 1. The first kappa shape index (κ1) is 21.3. The molecule has 160 valence electrons. The molecule has 3 heterocycles. The van der Waals surface area contributed by atoms with Crippen LogP contribution in [0.15, 0.2) is 62.8 Å². The minimum atomic E-state index is -0.560. The van der Waals surface area contributed by atoms with Crippen molar-refractivity contribution in [2.45, 2.75) is 32.9 Å². The summed E-state index contributed by atoms with van der Waals surface area (Å²) in [5.74, 6) is 0.268. The number of allylic oxidation sites excluding steroid dienone is 1. The molecule has 1 aliphatic rings. The van der Waals surface area contributed by atoms with E-state index in [2.05, 4.69) is 4.99 Å². The van der Waals surface area contributed by atoms with E-state index in [0.717, 1.165) is 10.4 Å². The fourth-order valence-electron chi connectivity index (χ4n) is 3.46. The van der Waals surface area contributed by atoms with Gasteiger partial charge in [0.15, 0.2) is 4.80 Å². The van der Waals surface area contributed by atoms with Crippen molar-refractivity contribution in [2.75, 3.05) is 7.11 Å². The summed E-state index contributed by atoms with van der Waals surface area (Å²) in [5, 5.41) is 1.93. The van der Waals surface area contributed by atoms with E-state index in [1.807, 2.05) is 47.9 Å². The van der Waals surface area contributed by atoms with Crippen molar-refractivity contribution in [3.05, 3.63) is 83.2 Å². The molecule has 1 unspecified atom stereocenters. The van der Waals surface area contributed by atoms with E-state index in [-0.39, 0.29) is 11.7 Å². The fraction of sp³-hybridized carbons (Fsp3) is 0.261. The lowest BCUT2D eigenvalue weighted by Crippen LogP contribution is -2.39. The second-order valence-corrected chi connectivity index (χ2v) is 9.32. The highest BCUT2D eigenvalue weighted by Gasteiger charge is 2.34. The Kier molecular flexibility index (Phi) is 5.93. The number of hydrogen-bond acceptors (Lipinski definition) is 7. The molecule has 0 fully saturated rings. The lowest BCUT2D eigenvalue weighted by atomic mass is 10.0. The predicted octanol–water partition coefficient (Wildman–Crippen LogP) is 3.26. The van der Waals surface area contributed by atoms with Gasteiger partial charge in [-0.3, -0.25) is 9.36 Å². The molecule has 0 N–H and O–H groups in total. The number of aromatic nitrogens is 1. The molecular weight excluding hydrogens is 432 g/mol. The zero-order valence-electron chi connectivity index (χ0n) is 17.6. The quantitative estimate of drug-likeness (QED) is 0.555. The van der Waals surface area contributed by atoms with Gasteiger partial charge in [0, 0.05) is 4.88 Å². The number of fused-ring (bicyclic) bond motifs is 1. The third kappa shape index (κ3) is 4.13.